The van der Waals surface area contributed by atoms with Crippen LogP contribution in [0.25, 0.3) is 11.0 Å². The lowest BCUT2D eigenvalue weighted by atomic mass is 10.2. The first-order chi connectivity index (χ1) is 12.6. The van der Waals surface area contributed by atoms with E-state index in [9.17, 15) is 4.79 Å². The van der Waals surface area contributed by atoms with Gasteiger partial charge in [-0.05, 0) is 49.6 Å². The number of carbonyl (C=O) groups is 1. The minimum atomic E-state index is -0.0504. The Hall–Kier alpha value is -2.53. The van der Waals surface area contributed by atoms with Crippen LogP contribution in [0.3, 0.4) is 0 Å². The smallest absolute Gasteiger partial charge is 0.261 e. The summed E-state index contributed by atoms with van der Waals surface area (Å²) in [5.74, 6) is 1.33. The van der Waals surface area contributed by atoms with Crippen LogP contribution < -0.4 is 4.74 Å². The molecule has 5 nitrogen and oxygen atoms in total. The Morgan fingerprint density at radius 1 is 1.35 bits per heavy atom. The molecule has 0 saturated carbocycles. The van der Waals surface area contributed by atoms with Crippen molar-refractivity contribution < 1.29 is 9.53 Å². The fraction of sp³-hybridized carbons (Fsp3) is 0.300. The molecule has 134 valence electrons. The minimum Gasteiger partial charge on any atom is -0.482 e. The SMILES string of the molecule is Cc1ccc(Cl)c(OCC(=O)N2CCCC2c2nc3ccccc3[nH]2)c1. The van der Waals surface area contributed by atoms with E-state index in [4.69, 9.17) is 16.3 Å². The van der Waals surface area contributed by atoms with Crippen molar-refractivity contribution in [2.24, 2.45) is 0 Å². The number of nitrogens with one attached hydrogen (secondary N) is 1. The van der Waals surface area contributed by atoms with Crippen LogP contribution in [-0.4, -0.2) is 33.9 Å². The van der Waals surface area contributed by atoms with E-state index in [-0.39, 0.29) is 18.6 Å². The molecule has 1 unspecified atom stereocenters. The van der Waals surface area contributed by atoms with E-state index >= 15 is 0 Å². The molecule has 6 heteroatoms. The van der Waals surface area contributed by atoms with Crippen LogP contribution in [0, 0.1) is 6.92 Å². The van der Waals surface area contributed by atoms with Gasteiger partial charge in [-0.25, -0.2) is 4.98 Å². The number of halogens is 1. The number of aromatic nitrogens is 2. The number of rotatable bonds is 4. The van der Waals surface area contributed by atoms with Crippen molar-refractivity contribution in [3.8, 4) is 5.75 Å². The van der Waals surface area contributed by atoms with Gasteiger partial charge in [-0.1, -0.05) is 29.8 Å². The molecule has 0 aliphatic carbocycles. The number of ether oxygens (including phenoxy) is 1. The number of hydrogen-bond acceptors (Lipinski definition) is 3. The van der Waals surface area contributed by atoms with Crippen molar-refractivity contribution in [2.75, 3.05) is 13.2 Å². The number of fused-ring (bicyclic) bond motifs is 1. The molecule has 1 atom stereocenters. The third-order valence-electron chi connectivity index (χ3n) is 4.73. The maximum atomic E-state index is 12.7. The van der Waals surface area contributed by atoms with Gasteiger partial charge in [-0.15, -0.1) is 0 Å². The number of aryl methyl sites for hydroxylation is 1. The van der Waals surface area contributed by atoms with Gasteiger partial charge in [0.2, 0.25) is 0 Å². The molecule has 3 aromatic rings. The molecule has 1 aliphatic rings. The Bertz CT molecular complexity index is 920. The molecule has 2 aromatic carbocycles. The largest absolute Gasteiger partial charge is 0.482 e. The summed E-state index contributed by atoms with van der Waals surface area (Å²) >= 11 is 6.14. The Balaban J connectivity index is 1.49. The zero-order valence-electron chi connectivity index (χ0n) is 14.5. The molecule has 0 radical (unpaired) electrons. The lowest BCUT2D eigenvalue weighted by molar-refractivity contribution is -0.134. The average molecular weight is 370 g/mol. The predicted molar refractivity (Wildman–Crippen MR) is 101 cm³/mol. The molecule has 1 fully saturated rings. The fourth-order valence-electron chi connectivity index (χ4n) is 3.42. The quantitative estimate of drug-likeness (QED) is 0.747. The van der Waals surface area contributed by atoms with Crippen LogP contribution in [-0.2, 0) is 4.79 Å². The highest BCUT2D eigenvalue weighted by molar-refractivity contribution is 6.32. The lowest BCUT2D eigenvalue weighted by Gasteiger charge is -2.23. The van der Waals surface area contributed by atoms with Crippen molar-refractivity contribution in [2.45, 2.75) is 25.8 Å². The van der Waals surface area contributed by atoms with Crippen LogP contribution in [0.5, 0.6) is 5.75 Å². The maximum Gasteiger partial charge on any atom is 0.261 e. The van der Waals surface area contributed by atoms with Crippen LogP contribution in [0.15, 0.2) is 42.5 Å². The van der Waals surface area contributed by atoms with Crippen molar-refractivity contribution in [1.29, 1.82) is 0 Å². The van der Waals surface area contributed by atoms with Gasteiger partial charge in [0.15, 0.2) is 6.61 Å². The monoisotopic (exact) mass is 369 g/mol. The normalized spacial score (nSPS) is 17.0. The molecule has 1 saturated heterocycles. The highest BCUT2D eigenvalue weighted by Gasteiger charge is 2.32. The number of H-pyrrole nitrogens is 1. The predicted octanol–water partition coefficient (Wildman–Crippen LogP) is 4.27. The van der Waals surface area contributed by atoms with E-state index in [0.29, 0.717) is 17.3 Å². The Kier molecular flexibility index (Phi) is 4.55. The zero-order chi connectivity index (χ0) is 18.1. The second-order valence-corrected chi connectivity index (χ2v) is 7.01. The highest BCUT2D eigenvalue weighted by Crippen LogP contribution is 2.32. The summed E-state index contributed by atoms with van der Waals surface area (Å²) in [7, 11) is 0. The number of aromatic amines is 1. The number of carbonyl (C=O) groups excluding carboxylic acids is 1. The summed E-state index contributed by atoms with van der Waals surface area (Å²) in [6.45, 7) is 2.65. The third kappa shape index (κ3) is 3.27. The minimum absolute atomic E-state index is 0.0279. The van der Waals surface area contributed by atoms with Gasteiger partial charge in [0, 0.05) is 6.54 Å². The highest BCUT2D eigenvalue weighted by atomic mass is 35.5. The molecular formula is C20H20ClN3O2. The van der Waals surface area contributed by atoms with Crippen molar-refractivity contribution in [3.05, 3.63) is 58.9 Å². The molecule has 1 aliphatic heterocycles. The average Bonchev–Trinajstić information content (AvgIpc) is 3.28. The maximum absolute atomic E-state index is 12.7. The Morgan fingerprint density at radius 3 is 3.04 bits per heavy atom. The number of nitrogens with zero attached hydrogens (tertiary/aromatic N) is 2. The molecule has 1 aromatic heterocycles. The zero-order valence-corrected chi connectivity index (χ0v) is 15.3. The van der Waals surface area contributed by atoms with E-state index < -0.39 is 0 Å². The molecule has 1 N–H and O–H groups in total. The molecular weight excluding hydrogens is 350 g/mol. The number of para-hydroxylation sites is 2. The second kappa shape index (κ2) is 7.00. The van der Waals surface area contributed by atoms with E-state index in [1.807, 2.05) is 48.2 Å². The summed E-state index contributed by atoms with van der Waals surface area (Å²) in [6.07, 6.45) is 1.86. The van der Waals surface area contributed by atoms with Gasteiger partial charge in [0.1, 0.15) is 11.6 Å². The molecule has 26 heavy (non-hydrogen) atoms. The first-order valence-electron chi connectivity index (χ1n) is 8.75. The fourth-order valence-corrected chi connectivity index (χ4v) is 3.60. The second-order valence-electron chi connectivity index (χ2n) is 6.61. The molecule has 4 rings (SSSR count). The van der Waals surface area contributed by atoms with E-state index in [1.165, 1.54) is 0 Å². The van der Waals surface area contributed by atoms with Crippen LogP contribution in [0.4, 0.5) is 0 Å². The lowest BCUT2D eigenvalue weighted by Crippen LogP contribution is -2.34. The summed E-state index contributed by atoms with van der Waals surface area (Å²) in [6, 6.07) is 13.4. The van der Waals surface area contributed by atoms with Gasteiger partial charge >= 0.3 is 0 Å². The standard InChI is InChI=1S/C20H20ClN3O2/c1-13-8-9-14(21)18(11-13)26-12-19(25)24-10-4-7-17(24)20-22-15-5-2-3-6-16(15)23-20/h2-3,5-6,8-9,11,17H,4,7,10,12H2,1H3,(H,22,23). The van der Waals surface area contributed by atoms with Gasteiger partial charge in [-0.2, -0.15) is 0 Å². The number of hydrogen-bond donors (Lipinski definition) is 1. The first kappa shape index (κ1) is 16.9. The molecule has 2 heterocycles. The van der Waals surface area contributed by atoms with E-state index in [2.05, 4.69) is 9.97 Å². The topological polar surface area (TPSA) is 58.2 Å². The third-order valence-corrected chi connectivity index (χ3v) is 5.05. The number of likely N-dealkylation sites (tertiary alicyclic amines) is 1. The van der Waals surface area contributed by atoms with E-state index in [1.54, 1.807) is 6.07 Å². The van der Waals surface area contributed by atoms with E-state index in [0.717, 1.165) is 35.3 Å². The molecule has 0 bridgehead atoms. The number of imidazole rings is 1. The van der Waals surface area contributed by atoms with Gasteiger partial charge in [0.05, 0.1) is 22.1 Å². The van der Waals surface area contributed by atoms with Crippen molar-refractivity contribution >= 4 is 28.5 Å². The van der Waals surface area contributed by atoms with Crippen molar-refractivity contribution in [1.82, 2.24) is 14.9 Å². The Labute approximate surface area is 156 Å². The molecule has 1 amide bonds. The number of amides is 1. The first-order valence-corrected chi connectivity index (χ1v) is 9.12. The van der Waals surface area contributed by atoms with Crippen LogP contribution in [0.1, 0.15) is 30.3 Å². The van der Waals surface area contributed by atoms with Crippen LogP contribution >= 0.6 is 11.6 Å². The van der Waals surface area contributed by atoms with Crippen molar-refractivity contribution in [3.63, 3.8) is 0 Å². The summed E-state index contributed by atoms with van der Waals surface area (Å²) in [4.78, 5) is 22.6. The summed E-state index contributed by atoms with van der Waals surface area (Å²) in [5.41, 5.74) is 2.95. The summed E-state index contributed by atoms with van der Waals surface area (Å²) in [5, 5.41) is 0.513. The van der Waals surface area contributed by atoms with Gasteiger partial charge in [0.25, 0.3) is 5.91 Å². The Morgan fingerprint density at radius 2 is 2.19 bits per heavy atom. The summed E-state index contributed by atoms with van der Waals surface area (Å²) < 4.78 is 5.68. The number of benzene rings is 2. The van der Waals surface area contributed by atoms with Crippen LogP contribution in [0.2, 0.25) is 5.02 Å². The molecule has 0 spiro atoms. The van der Waals surface area contributed by atoms with Gasteiger partial charge in [-0.3, -0.25) is 4.79 Å². The van der Waals surface area contributed by atoms with Gasteiger partial charge < -0.3 is 14.6 Å².